The van der Waals surface area contributed by atoms with Crippen LogP contribution in [0.25, 0.3) is 11.0 Å². The minimum Gasteiger partial charge on any atom is -0.394 e. The molecule has 124 valence electrons. The fourth-order valence-electron chi connectivity index (χ4n) is 2.76. The standard InChI is InChI=1S/C13H16FN5O4/c1-4-17-10(15)7-5(11(16)22)2-19(12(7)18-4)13-9(21)8(14)6(3-20)23-13/h2,6,8-9,13,20-21H,3H2,1H3,(H2,16,22)(H2,15,17,18)/t6-,8-,9-,13-/m1/s1. The molecule has 0 saturated carbocycles. The molecule has 4 atom stereocenters. The lowest BCUT2D eigenvalue weighted by Gasteiger charge is -2.17. The zero-order chi connectivity index (χ0) is 16.9. The number of aryl methyl sites for hydroxylation is 1. The van der Waals surface area contributed by atoms with Gasteiger partial charge in [0, 0.05) is 6.20 Å². The first-order chi connectivity index (χ1) is 10.8. The molecule has 0 aromatic carbocycles. The minimum absolute atomic E-state index is 0.0381. The maximum Gasteiger partial charge on any atom is 0.251 e. The summed E-state index contributed by atoms with van der Waals surface area (Å²) in [4.78, 5) is 19.8. The van der Waals surface area contributed by atoms with E-state index in [0.717, 1.165) is 0 Å². The van der Waals surface area contributed by atoms with Crippen molar-refractivity contribution in [3.05, 3.63) is 17.6 Å². The van der Waals surface area contributed by atoms with Crippen molar-refractivity contribution < 1.29 is 24.1 Å². The number of nitrogens with two attached hydrogens (primary N) is 2. The molecule has 3 rings (SSSR count). The van der Waals surface area contributed by atoms with Crippen LogP contribution in [0.5, 0.6) is 0 Å². The third kappa shape index (κ3) is 2.31. The zero-order valence-corrected chi connectivity index (χ0v) is 12.2. The summed E-state index contributed by atoms with van der Waals surface area (Å²) in [5, 5.41) is 19.4. The molecule has 2 aromatic heterocycles. The number of carbonyl (C=O) groups excluding carboxylic acids is 1. The quantitative estimate of drug-likeness (QED) is 0.566. The number of carbonyl (C=O) groups is 1. The Morgan fingerprint density at radius 1 is 1.52 bits per heavy atom. The number of aliphatic hydroxyl groups excluding tert-OH is 2. The summed E-state index contributed by atoms with van der Waals surface area (Å²) in [6.45, 7) is 1.00. The molecule has 0 bridgehead atoms. The van der Waals surface area contributed by atoms with Crippen LogP contribution in [0.1, 0.15) is 22.4 Å². The molecule has 9 nitrogen and oxygen atoms in total. The van der Waals surface area contributed by atoms with Crippen LogP contribution < -0.4 is 11.5 Å². The van der Waals surface area contributed by atoms with Gasteiger partial charge in [0.25, 0.3) is 5.91 Å². The van der Waals surface area contributed by atoms with Crippen molar-refractivity contribution in [3.8, 4) is 0 Å². The number of fused-ring (bicyclic) bond motifs is 1. The predicted molar refractivity (Wildman–Crippen MR) is 77.1 cm³/mol. The highest BCUT2D eigenvalue weighted by Crippen LogP contribution is 2.35. The van der Waals surface area contributed by atoms with Crippen molar-refractivity contribution in [2.75, 3.05) is 12.3 Å². The van der Waals surface area contributed by atoms with Crippen molar-refractivity contribution in [1.82, 2.24) is 14.5 Å². The van der Waals surface area contributed by atoms with E-state index in [4.69, 9.17) is 21.3 Å². The summed E-state index contributed by atoms with van der Waals surface area (Å²) in [7, 11) is 0. The molecule has 1 aliphatic heterocycles. The van der Waals surface area contributed by atoms with Gasteiger partial charge in [-0.15, -0.1) is 0 Å². The number of ether oxygens (including phenoxy) is 1. The molecule has 23 heavy (non-hydrogen) atoms. The number of anilines is 1. The van der Waals surface area contributed by atoms with Gasteiger partial charge in [-0.05, 0) is 6.92 Å². The van der Waals surface area contributed by atoms with Crippen molar-refractivity contribution in [2.24, 2.45) is 5.73 Å². The SMILES string of the molecule is Cc1nc(N)c2c(C(N)=O)cn([C@@H]3O[C@H](CO)[C@@H](F)[C@H]3O)c2n1. The van der Waals surface area contributed by atoms with E-state index in [2.05, 4.69) is 9.97 Å². The lowest BCUT2D eigenvalue weighted by Crippen LogP contribution is -2.29. The molecule has 0 radical (unpaired) electrons. The van der Waals surface area contributed by atoms with Crippen LogP contribution in [0.15, 0.2) is 6.20 Å². The molecule has 3 heterocycles. The highest BCUT2D eigenvalue weighted by atomic mass is 19.1. The summed E-state index contributed by atoms with van der Waals surface area (Å²) in [5.74, 6) is -0.396. The molecule has 0 unspecified atom stereocenters. The second-order valence-electron chi connectivity index (χ2n) is 5.35. The average Bonchev–Trinajstić information content (AvgIpc) is 2.99. The first-order valence-corrected chi connectivity index (χ1v) is 6.88. The Morgan fingerprint density at radius 2 is 2.22 bits per heavy atom. The van der Waals surface area contributed by atoms with Gasteiger partial charge < -0.3 is 31.0 Å². The van der Waals surface area contributed by atoms with Crippen LogP contribution >= 0.6 is 0 Å². The predicted octanol–water partition coefficient (Wildman–Crippen LogP) is -0.990. The van der Waals surface area contributed by atoms with Gasteiger partial charge in [0.15, 0.2) is 12.4 Å². The largest absolute Gasteiger partial charge is 0.394 e. The van der Waals surface area contributed by atoms with E-state index >= 15 is 0 Å². The topological polar surface area (TPSA) is 150 Å². The van der Waals surface area contributed by atoms with E-state index < -0.39 is 37.1 Å². The van der Waals surface area contributed by atoms with Crippen molar-refractivity contribution in [3.63, 3.8) is 0 Å². The van der Waals surface area contributed by atoms with Gasteiger partial charge in [0.05, 0.1) is 17.6 Å². The molecule has 0 aliphatic carbocycles. The number of hydrogen-bond donors (Lipinski definition) is 4. The molecule has 0 spiro atoms. The molecule has 1 amide bonds. The summed E-state index contributed by atoms with van der Waals surface area (Å²) in [6.07, 6.45) is -4.38. The van der Waals surface area contributed by atoms with E-state index in [1.54, 1.807) is 6.92 Å². The highest BCUT2D eigenvalue weighted by Gasteiger charge is 2.45. The Bertz CT molecular complexity index is 779. The smallest absolute Gasteiger partial charge is 0.251 e. The van der Waals surface area contributed by atoms with E-state index in [1.807, 2.05) is 0 Å². The van der Waals surface area contributed by atoms with E-state index in [-0.39, 0.29) is 22.4 Å². The number of primary amides is 1. The lowest BCUT2D eigenvalue weighted by atomic mass is 10.1. The summed E-state index contributed by atoms with van der Waals surface area (Å²) < 4.78 is 20.6. The normalized spacial score (nSPS) is 27.7. The molecular weight excluding hydrogens is 309 g/mol. The Morgan fingerprint density at radius 3 is 2.78 bits per heavy atom. The van der Waals surface area contributed by atoms with Crippen LogP contribution in [-0.4, -0.2) is 55.6 Å². The van der Waals surface area contributed by atoms with Crippen LogP contribution in [0.2, 0.25) is 0 Å². The highest BCUT2D eigenvalue weighted by molar-refractivity contribution is 6.08. The number of halogens is 1. The monoisotopic (exact) mass is 325 g/mol. The Balaban J connectivity index is 2.20. The molecule has 1 fully saturated rings. The zero-order valence-electron chi connectivity index (χ0n) is 12.2. The molecule has 6 N–H and O–H groups in total. The fraction of sp³-hybridized carbons (Fsp3) is 0.462. The van der Waals surface area contributed by atoms with Gasteiger partial charge in [-0.1, -0.05) is 0 Å². The van der Waals surface area contributed by atoms with Crippen LogP contribution in [0.3, 0.4) is 0 Å². The summed E-state index contributed by atoms with van der Waals surface area (Å²) >= 11 is 0. The molecule has 2 aromatic rings. The van der Waals surface area contributed by atoms with Crippen LogP contribution in [0.4, 0.5) is 10.2 Å². The fourth-order valence-corrected chi connectivity index (χ4v) is 2.76. The van der Waals surface area contributed by atoms with E-state index in [1.165, 1.54) is 10.8 Å². The van der Waals surface area contributed by atoms with Gasteiger partial charge in [0.1, 0.15) is 29.5 Å². The van der Waals surface area contributed by atoms with Crippen LogP contribution in [0, 0.1) is 6.92 Å². The van der Waals surface area contributed by atoms with Crippen molar-refractivity contribution in [2.45, 2.75) is 31.5 Å². The van der Waals surface area contributed by atoms with E-state index in [0.29, 0.717) is 5.82 Å². The number of nitrogens with zero attached hydrogens (tertiary/aromatic N) is 3. The van der Waals surface area contributed by atoms with Gasteiger partial charge in [-0.3, -0.25) is 4.79 Å². The van der Waals surface area contributed by atoms with Gasteiger partial charge in [-0.2, -0.15) is 0 Å². The maximum absolute atomic E-state index is 13.9. The Hall–Kier alpha value is -2.30. The van der Waals surface area contributed by atoms with Gasteiger partial charge in [0.2, 0.25) is 0 Å². The van der Waals surface area contributed by atoms with Gasteiger partial charge in [-0.25, -0.2) is 14.4 Å². The number of alkyl halides is 1. The Labute approximate surface area is 129 Å². The molecule has 10 heteroatoms. The van der Waals surface area contributed by atoms with Crippen molar-refractivity contribution >= 4 is 22.8 Å². The van der Waals surface area contributed by atoms with Crippen molar-refractivity contribution in [1.29, 1.82) is 0 Å². The molecule has 1 aliphatic rings. The van der Waals surface area contributed by atoms with E-state index in [9.17, 15) is 14.3 Å². The summed E-state index contributed by atoms with van der Waals surface area (Å²) in [6, 6.07) is 0. The number of hydrogen-bond acceptors (Lipinski definition) is 7. The average molecular weight is 325 g/mol. The number of rotatable bonds is 3. The lowest BCUT2D eigenvalue weighted by molar-refractivity contribution is -0.0493. The minimum atomic E-state index is -1.78. The summed E-state index contributed by atoms with van der Waals surface area (Å²) in [5.41, 5.74) is 11.4. The second-order valence-corrected chi connectivity index (χ2v) is 5.35. The third-order valence-electron chi connectivity index (χ3n) is 3.82. The second kappa shape index (κ2) is 5.41. The molecule has 1 saturated heterocycles. The first kappa shape index (κ1) is 15.6. The first-order valence-electron chi connectivity index (χ1n) is 6.88. The van der Waals surface area contributed by atoms with Crippen LogP contribution in [-0.2, 0) is 4.74 Å². The third-order valence-corrected chi connectivity index (χ3v) is 3.82. The van der Waals surface area contributed by atoms with Gasteiger partial charge >= 0.3 is 0 Å². The number of amides is 1. The number of aromatic nitrogens is 3. The molecular formula is C13H16FN5O4. The number of nitrogen functional groups attached to an aromatic ring is 1. The number of aliphatic hydroxyl groups is 2. The maximum atomic E-state index is 13.9. The Kier molecular flexibility index (Phi) is 3.66.